The third-order valence-corrected chi connectivity index (χ3v) is 7.80. The van der Waals surface area contributed by atoms with Gasteiger partial charge in [-0.3, -0.25) is 4.98 Å². The summed E-state index contributed by atoms with van der Waals surface area (Å²) < 4.78 is 12.1. The predicted molar refractivity (Wildman–Crippen MR) is 148 cm³/mol. The Morgan fingerprint density at radius 1 is 1.05 bits per heavy atom. The number of aromatic nitrogens is 1. The number of hydrogen-bond donors (Lipinski definition) is 1. The molecule has 1 unspecified atom stereocenters. The van der Waals surface area contributed by atoms with Crippen LogP contribution < -0.4 is 4.90 Å². The van der Waals surface area contributed by atoms with E-state index in [0.717, 1.165) is 59.7 Å². The molecule has 1 N–H and O–H groups in total. The van der Waals surface area contributed by atoms with Crippen LogP contribution in [-0.4, -0.2) is 40.9 Å². The first-order valence-corrected chi connectivity index (χ1v) is 13.7. The van der Waals surface area contributed by atoms with E-state index in [4.69, 9.17) is 14.5 Å². The lowest BCUT2D eigenvalue weighted by atomic mass is 9.76. The van der Waals surface area contributed by atoms with Crippen molar-refractivity contribution in [1.29, 1.82) is 0 Å². The second kappa shape index (κ2) is 10.6. The number of aryl methyl sites for hydroxylation is 2. The maximum Gasteiger partial charge on any atom is 0.343 e. The molecule has 1 spiro atoms. The molecule has 6 heteroatoms. The average Bonchev–Trinajstić information content (AvgIpc) is 3.26. The highest BCUT2D eigenvalue weighted by molar-refractivity contribution is 5.88. The largest absolute Gasteiger partial charge is 0.508 e. The first-order valence-electron chi connectivity index (χ1n) is 13.7. The normalized spacial score (nSPS) is 19.1. The number of piperidine rings is 1. The van der Waals surface area contributed by atoms with Crippen LogP contribution in [0.25, 0.3) is 11.1 Å². The van der Waals surface area contributed by atoms with Crippen LogP contribution >= 0.6 is 0 Å². The van der Waals surface area contributed by atoms with Gasteiger partial charge in [0.05, 0.1) is 11.3 Å². The van der Waals surface area contributed by atoms with Crippen LogP contribution in [0, 0.1) is 26.2 Å². The van der Waals surface area contributed by atoms with E-state index in [-0.39, 0.29) is 5.75 Å². The molecule has 1 aromatic carbocycles. The summed E-state index contributed by atoms with van der Waals surface area (Å²) in [6.07, 6.45) is 6.13. The number of aromatic hydroxyl groups is 1. The summed E-state index contributed by atoms with van der Waals surface area (Å²) in [5.41, 5.74) is 5.20. The topological polar surface area (TPSA) is 71.9 Å². The molecule has 2 aliphatic rings. The van der Waals surface area contributed by atoms with Gasteiger partial charge in [-0.15, -0.1) is 0 Å². The molecule has 0 amide bonds. The number of phenolic OH excluding ortho intramolecular Hbond substituents is 1. The van der Waals surface area contributed by atoms with Gasteiger partial charge in [0, 0.05) is 42.5 Å². The van der Waals surface area contributed by atoms with Crippen molar-refractivity contribution >= 4 is 11.7 Å². The van der Waals surface area contributed by atoms with E-state index in [1.54, 1.807) is 19.1 Å². The molecule has 1 saturated carbocycles. The Bertz CT molecular complexity index is 1100. The molecule has 0 bridgehead atoms. The van der Waals surface area contributed by atoms with Gasteiger partial charge in [0.2, 0.25) is 6.10 Å². The number of rotatable bonds is 6. The van der Waals surface area contributed by atoms with Crippen molar-refractivity contribution < 1.29 is 19.4 Å². The number of pyridine rings is 1. The second-order valence-corrected chi connectivity index (χ2v) is 12.0. The number of phenols is 1. The molecule has 4 rings (SSSR count). The van der Waals surface area contributed by atoms with Gasteiger partial charge in [0.15, 0.2) is 6.10 Å². The highest BCUT2D eigenvalue weighted by atomic mass is 16.6. The van der Waals surface area contributed by atoms with Gasteiger partial charge < -0.3 is 19.5 Å². The summed E-state index contributed by atoms with van der Waals surface area (Å²) in [7, 11) is 0. The van der Waals surface area contributed by atoms with Gasteiger partial charge in [-0.05, 0) is 83.4 Å². The molecule has 6 nitrogen and oxygen atoms in total. The van der Waals surface area contributed by atoms with E-state index in [1.165, 1.54) is 25.7 Å². The molecule has 1 aliphatic carbocycles. The number of carbonyl (C=O) groups is 1. The van der Waals surface area contributed by atoms with E-state index < -0.39 is 23.8 Å². The minimum absolute atomic E-state index is 0.214. The van der Waals surface area contributed by atoms with Crippen molar-refractivity contribution in [2.45, 2.75) is 97.9 Å². The van der Waals surface area contributed by atoms with Crippen molar-refractivity contribution in [3.05, 3.63) is 48.1 Å². The molecule has 2 atom stereocenters. The van der Waals surface area contributed by atoms with E-state index in [0.29, 0.717) is 5.41 Å². The van der Waals surface area contributed by atoms with Gasteiger partial charge in [-0.1, -0.05) is 25.0 Å². The zero-order chi connectivity index (χ0) is 27.0. The number of nitrogens with zero attached hydrogens (tertiary/aromatic N) is 2. The van der Waals surface area contributed by atoms with Gasteiger partial charge in [0.25, 0.3) is 0 Å². The highest BCUT2D eigenvalue weighted by Crippen LogP contribution is 2.49. The Morgan fingerprint density at radius 3 is 2.19 bits per heavy atom. The summed E-state index contributed by atoms with van der Waals surface area (Å²) >= 11 is 0. The molecule has 2 heterocycles. The minimum atomic E-state index is -0.939. The van der Waals surface area contributed by atoms with E-state index >= 15 is 0 Å². The SMILES string of the molecule is [CH2+]C(C)OC(=O)[C@@H](OC(C)(C)C)c1c(C)nc(C)c(-c2ccc(O)cc2)c1N1CCC2(CCCC2)CC1. The smallest absolute Gasteiger partial charge is 0.343 e. The van der Waals surface area contributed by atoms with E-state index in [2.05, 4.69) is 11.8 Å². The fourth-order valence-corrected chi connectivity index (χ4v) is 6.13. The van der Waals surface area contributed by atoms with Crippen molar-refractivity contribution in [3.8, 4) is 16.9 Å². The van der Waals surface area contributed by atoms with Crippen molar-refractivity contribution in [1.82, 2.24) is 4.98 Å². The zero-order valence-corrected chi connectivity index (χ0v) is 23.4. The van der Waals surface area contributed by atoms with Crippen LogP contribution in [0.15, 0.2) is 24.3 Å². The summed E-state index contributed by atoms with van der Waals surface area (Å²) in [5.74, 6) is -0.236. The summed E-state index contributed by atoms with van der Waals surface area (Å²) in [6, 6.07) is 7.23. The fraction of sp³-hybridized carbons (Fsp3) is 0.581. The highest BCUT2D eigenvalue weighted by Gasteiger charge is 2.41. The molecule has 2 aromatic rings. The predicted octanol–water partition coefficient (Wildman–Crippen LogP) is 6.85. The van der Waals surface area contributed by atoms with Gasteiger partial charge in [-0.25, -0.2) is 4.79 Å². The lowest BCUT2D eigenvalue weighted by molar-refractivity contribution is -0.170. The lowest BCUT2D eigenvalue weighted by Crippen LogP contribution is -2.41. The molecule has 1 saturated heterocycles. The van der Waals surface area contributed by atoms with E-state index in [9.17, 15) is 9.90 Å². The van der Waals surface area contributed by atoms with Crippen LogP contribution in [0.5, 0.6) is 5.75 Å². The average molecular weight is 508 g/mol. The van der Waals surface area contributed by atoms with Crippen molar-refractivity contribution in [3.63, 3.8) is 0 Å². The Balaban J connectivity index is 1.90. The second-order valence-electron chi connectivity index (χ2n) is 12.0. The minimum Gasteiger partial charge on any atom is -0.508 e. The maximum atomic E-state index is 13.5. The summed E-state index contributed by atoms with van der Waals surface area (Å²) in [5, 5.41) is 9.97. The summed E-state index contributed by atoms with van der Waals surface area (Å²) in [6.45, 7) is 17.3. The number of hydrogen-bond acceptors (Lipinski definition) is 6. The fourth-order valence-electron chi connectivity index (χ4n) is 6.13. The standard InChI is InChI=1S/C31H42N2O4/c1-20(2)36-29(35)28(37-30(5,6)7)26-22(4)32-21(3)25(23-10-12-24(34)13-11-23)27(26)33-18-16-31(17-19-33)14-8-9-15-31/h10-13,20,28H,1,8-9,14-19H2,2-7H3/p+1/t20?,28-/m0/s1. The van der Waals surface area contributed by atoms with Gasteiger partial charge >= 0.3 is 5.97 Å². The molecular formula is C31H43N2O4+. The number of carbonyl (C=O) groups excluding carboxylic acids is 1. The van der Waals surface area contributed by atoms with Gasteiger partial charge in [0.1, 0.15) is 12.7 Å². The molecule has 1 aromatic heterocycles. The molecular weight excluding hydrogens is 464 g/mol. The third-order valence-electron chi connectivity index (χ3n) is 7.80. The van der Waals surface area contributed by atoms with Crippen LogP contribution in [0.4, 0.5) is 5.69 Å². The molecule has 37 heavy (non-hydrogen) atoms. The monoisotopic (exact) mass is 507 g/mol. The van der Waals surface area contributed by atoms with Crippen LogP contribution in [0.1, 0.15) is 89.3 Å². The Labute approximate surface area is 222 Å². The third kappa shape index (κ3) is 6.06. The Kier molecular flexibility index (Phi) is 7.80. The van der Waals surface area contributed by atoms with Gasteiger partial charge in [-0.2, -0.15) is 0 Å². The maximum absolute atomic E-state index is 13.5. The van der Waals surface area contributed by atoms with Crippen molar-refractivity contribution in [2.75, 3.05) is 18.0 Å². The number of benzene rings is 1. The first kappa shape index (κ1) is 27.3. The zero-order valence-electron chi connectivity index (χ0n) is 23.4. The van der Waals surface area contributed by atoms with Crippen LogP contribution in [0.2, 0.25) is 0 Å². The number of esters is 1. The van der Waals surface area contributed by atoms with E-state index in [1.807, 2.05) is 46.8 Å². The Morgan fingerprint density at radius 2 is 1.65 bits per heavy atom. The molecule has 1 aliphatic heterocycles. The summed E-state index contributed by atoms with van der Waals surface area (Å²) in [4.78, 5) is 20.9. The van der Waals surface area contributed by atoms with Crippen LogP contribution in [0.3, 0.4) is 0 Å². The molecule has 2 fully saturated rings. The number of ether oxygens (including phenoxy) is 2. The van der Waals surface area contributed by atoms with Crippen LogP contribution in [-0.2, 0) is 14.3 Å². The molecule has 200 valence electrons. The lowest BCUT2D eigenvalue weighted by Gasteiger charge is -2.43. The first-order chi connectivity index (χ1) is 17.4. The molecule has 0 radical (unpaired) electrons. The van der Waals surface area contributed by atoms with Crippen molar-refractivity contribution in [2.24, 2.45) is 5.41 Å². The Hall–Kier alpha value is -2.73. The number of anilines is 1. The quantitative estimate of drug-likeness (QED) is 0.340.